The number of amides is 2. The molecule has 2 heterocycles. The third-order valence-corrected chi connectivity index (χ3v) is 4.53. The van der Waals surface area contributed by atoms with Crippen LogP contribution in [0.3, 0.4) is 0 Å². The highest BCUT2D eigenvalue weighted by Gasteiger charge is 2.30. The lowest BCUT2D eigenvalue weighted by Gasteiger charge is -2.20. The molecule has 2 aromatic carbocycles. The Morgan fingerprint density at radius 1 is 1.14 bits per heavy atom. The van der Waals surface area contributed by atoms with Crippen molar-refractivity contribution in [1.82, 2.24) is 10.3 Å². The maximum Gasteiger partial charge on any atom is 0.252 e. The second kappa shape index (κ2) is 8.02. The van der Waals surface area contributed by atoms with Gasteiger partial charge in [-0.05, 0) is 30.3 Å². The van der Waals surface area contributed by atoms with Gasteiger partial charge in [0.05, 0.1) is 5.69 Å². The Hall–Kier alpha value is -3.87. The number of aromatic nitrogens is 1. The molecule has 2 amide bonds. The van der Waals surface area contributed by atoms with Gasteiger partial charge in [0.15, 0.2) is 0 Å². The molecule has 0 fully saturated rings. The molecule has 1 aromatic heterocycles. The first-order valence-corrected chi connectivity index (χ1v) is 9.11. The van der Waals surface area contributed by atoms with Crippen LogP contribution in [0.4, 0.5) is 5.69 Å². The third-order valence-electron chi connectivity index (χ3n) is 4.53. The Labute approximate surface area is 167 Å². The molecule has 1 aliphatic heterocycles. The zero-order valence-electron chi connectivity index (χ0n) is 15.7. The summed E-state index contributed by atoms with van der Waals surface area (Å²) in [5.41, 5.74) is 1.000. The molecule has 1 N–H and O–H groups in total. The SMILES string of the molecule is CN1C(=O)C(NC(=O)c2ccnc(Oc3ccccc3)c2)COc2ccccc21. The minimum Gasteiger partial charge on any atom is -0.489 e. The Bertz CT molecular complexity index is 1040. The molecule has 0 aliphatic carbocycles. The number of likely N-dealkylation sites (N-methyl/N-ethyl adjacent to an activating group) is 1. The maximum absolute atomic E-state index is 12.8. The van der Waals surface area contributed by atoms with Crippen molar-refractivity contribution in [2.24, 2.45) is 0 Å². The fraction of sp³-hybridized carbons (Fsp3) is 0.136. The van der Waals surface area contributed by atoms with E-state index in [4.69, 9.17) is 9.47 Å². The highest BCUT2D eigenvalue weighted by atomic mass is 16.5. The van der Waals surface area contributed by atoms with Crippen molar-refractivity contribution in [1.29, 1.82) is 0 Å². The summed E-state index contributed by atoms with van der Waals surface area (Å²) in [6.45, 7) is 0.0460. The summed E-state index contributed by atoms with van der Waals surface area (Å²) in [6.07, 6.45) is 1.49. The van der Waals surface area contributed by atoms with E-state index < -0.39 is 11.9 Å². The molecular weight excluding hydrogens is 370 g/mol. The van der Waals surface area contributed by atoms with Gasteiger partial charge in [-0.1, -0.05) is 30.3 Å². The molecule has 29 heavy (non-hydrogen) atoms. The van der Waals surface area contributed by atoms with Crippen molar-refractivity contribution in [3.05, 3.63) is 78.5 Å². The number of nitrogens with one attached hydrogen (secondary N) is 1. The summed E-state index contributed by atoms with van der Waals surface area (Å²) >= 11 is 0. The fourth-order valence-electron chi connectivity index (χ4n) is 3.01. The Morgan fingerprint density at radius 3 is 2.72 bits per heavy atom. The van der Waals surface area contributed by atoms with Crippen LogP contribution in [0.15, 0.2) is 72.9 Å². The highest BCUT2D eigenvalue weighted by molar-refractivity contribution is 6.03. The van der Waals surface area contributed by atoms with E-state index in [-0.39, 0.29) is 18.4 Å². The van der Waals surface area contributed by atoms with Gasteiger partial charge in [0.1, 0.15) is 24.1 Å². The summed E-state index contributed by atoms with van der Waals surface area (Å²) in [6, 6.07) is 18.7. The number of carbonyl (C=O) groups is 2. The van der Waals surface area contributed by atoms with E-state index >= 15 is 0 Å². The van der Waals surface area contributed by atoms with Crippen LogP contribution in [-0.2, 0) is 4.79 Å². The van der Waals surface area contributed by atoms with Crippen LogP contribution in [0.2, 0.25) is 0 Å². The van der Waals surface area contributed by atoms with Gasteiger partial charge in [-0.3, -0.25) is 9.59 Å². The van der Waals surface area contributed by atoms with Crippen molar-refractivity contribution in [3.63, 3.8) is 0 Å². The average molecular weight is 389 g/mol. The Balaban J connectivity index is 1.48. The van der Waals surface area contributed by atoms with Crippen molar-refractivity contribution in [2.45, 2.75) is 6.04 Å². The number of rotatable bonds is 4. The van der Waals surface area contributed by atoms with E-state index in [1.165, 1.54) is 17.2 Å². The van der Waals surface area contributed by atoms with E-state index in [9.17, 15) is 9.59 Å². The maximum atomic E-state index is 12.8. The molecule has 7 nitrogen and oxygen atoms in total. The van der Waals surface area contributed by atoms with E-state index in [0.717, 1.165) is 0 Å². The number of carbonyl (C=O) groups excluding carboxylic acids is 2. The van der Waals surface area contributed by atoms with Crippen molar-refractivity contribution < 1.29 is 19.1 Å². The molecule has 0 spiro atoms. The van der Waals surface area contributed by atoms with Gasteiger partial charge in [-0.25, -0.2) is 4.98 Å². The topological polar surface area (TPSA) is 80.8 Å². The average Bonchev–Trinajstić information content (AvgIpc) is 2.87. The van der Waals surface area contributed by atoms with Crippen LogP contribution < -0.4 is 19.7 Å². The quantitative estimate of drug-likeness (QED) is 0.742. The standard InChI is InChI=1S/C22H19N3O4/c1-25-18-9-5-6-10-19(18)28-14-17(22(25)27)24-21(26)15-11-12-23-20(13-15)29-16-7-3-2-4-8-16/h2-13,17H,14H2,1H3,(H,24,26). The molecular formula is C22H19N3O4. The molecule has 7 heteroatoms. The number of nitrogens with zero attached hydrogens (tertiary/aromatic N) is 2. The fourth-order valence-corrected chi connectivity index (χ4v) is 3.01. The second-order valence-corrected chi connectivity index (χ2v) is 6.50. The van der Waals surface area contributed by atoms with Crippen LogP contribution >= 0.6 is 0 Å². The Kier molecular flexibility index (Phi) is 5.11. The van der Waals surface area contributed by atoms with Gasteiger partial charge in [0, 0.05) is 24.9 Å². The molecule has 1 aliphatic rings. The third kappa shape index (κ3) is 4.03. The van der Waals surface area contributed by atoms with Gasteiger partial charge in [-0.15, -0.1) is 0 Å². The van der Waals surface area contributed by atoms with Crippen LogP contribution in [0.5, 0.6) is 17.4 Å². The molecule has 0 saturated heterocycles. The molecule has 146 valence electrons. The minimum atomic E-state index is -0.813. The zero-order valence-corrected chi connectivity index (χ0v) is 15.7. The summed E-state index contributed by atoms with van der Waals surface area (Å²) in [5.74, 6) is 0.841. The molecule has 4 rings (SSSR count). The number of para-hydroxylation sites is 3. The lowest BCUT2D eigenvalue weighted by molar-refractivity contribution is -0.120. The first-order chi connectivity index (χ1) is 14.1. The molecule has 3 aromatic rings. The van der Waals surface area contributed by atoms with Gasteiger partial charge >= 0.3 is 0 Å². The van der Waals surface area contributed by atoms with Crippen molar-refractivity contribution >= 4 is 17.5 Å². The van der Waals surface area contributed by atoms with Gasteiger partial charge in [0.25, 0.3) is 11.8 Å². The number of fused-ring (bicyclic) bond motifs is 1. The Morgan fingerprint density at radius 2 is 1.90 bits per heavy atom. The largest absolute Gasteiger partial charge is 0.489 e. The number of benzene rings is 2. The van der Waals surface area contributed by atoms with Crippen molar-refractivity contribution in [3.8, 4) is 17.4 Å². The van der Waals surface area contributed by atoms with Crippen LogP contribution in [0, 0.1) is 0 Å². The number of ether oxygens (including phenoxy) is 2. The monoisotopic (exact) mass is 389 g/mol. The summed E-state index contributed by atoms with van der Waals surface area (Å²) in [4.78, 5) is 31.1. The van der Waals surface area contributed by atoms with Gasteiger partial charge in [0.2, 0.25) is 5.88 Å². The van der Waals surface area contributed by atoms with Crippen LogP contribution in [0.25, 0.3) is 0 Å². The first-order valence-electron chi connectivity index (χ1n) is 9.11. The summed E-state index contributed by atoms with van der Waals surface area (Å²) < 4.78 is 11.4. The number of hydrogen-bond donors (Lipinski definition) is 1. The lowest BCUT2D eigenvalue weighted by Crippen LogP contribution is -2.49. The predicted molar refractivity (Wildman–Crippen MR) is 107 cm³/mol. The molecule has 0 bridgehead atoms. The summed E-state index contributed by atoms with van der Waals surface area (Å²) in [5, 5.41) is 2.74. The molecule has 1 unspecified atom stereocenters. The van der Waals surface area contributed by atoms with E-state index in [1.807, 2.05) is 30.3 Å². The molecule has 0 saturated carbocycles. The lowest BCUT2D eigenvalue weighted by atomic mass is 10.2. The van der Waals surface area contributed by atoms with Crippen LogP contribution in [-0.4, -0.2) is 36.5 Å². The molecule has 1 atom stereocenters. The number of hydrogen-bond acceptors (Lipinski definition) is 5. The van der Waals surface area contributed by atoms with E-state index in [1.54, 1.807) is 37.4 Å². The zero-order chi connectivity index (χ0) is 20.2. The normalized spacial score (nSPS) is 15.7. The summed E-state index contributed by atoms with van der Waals surface area (Å²) in [7, 11) is 1.66. The number of anilines is 1. The highest BCUT2D eigenvalue weighted by Crippen LogP contribution is 2.30. The van der Waals surface area contributed by atoms with Crippen LogP contribution in [0.1, 0.15) is 10.4 Å². The van der Waals surface area contributed by atoms with Gasteiger partial charge in [-0.2, -0.15) is 0 Å². The van der Waals surface area contributed by atoms with E-state index in [0.29, 0.717) is 22.7 Å². The second-order valence-electron chi connectivity index (χ2n) is 6.50. The van der Waals surface area contributed by atoms with Crippen molar-refractivity contribution in [2.75, 3.05) is 18.6 Å². The smallest absolute Gasteiger partial charge is 0.252 e. The minimum absolute atomic E-state index is 0.0460. The van der Waals surface area contributed by atoms with Gasteiger partial charge < -0.3 is 19.7 Å². The predicted octanol–water partition coefficient (Wildman–Crippen LogP) is 3.03. The number of pyridine rings is 1. The van der Waals surface area contributed by atoms with E-state index in [2.05, 4.69) is 10.3 Å². The first kappa shape index (κ1) is 18.5. The molecule has 0 radical (unpaired) electrons.